The number of carbonyl (C=O) groups is 1. The van der Waals surface area contributed by atoms with Crippen molar-refractivity contribution in [3.05, 3.63) is 57.8 Å². The van der Waals surface area contributed by atoms with Crippen molar-refractivity contribution in [1.82, 2.24) is 25.1 Å². The van der Waals surface area contributed by atoms with Gasteiger partial charge in [-0.2, -0.15) is 0 Å². The van der Waals surface area contributed by atoms with Crippen molar-refractivity contribution in [3.8, 4) is 11.5 Å². The molecule has 0 spiro atoms. The first-order chi connectivity index (χ1) is 16.0. The molecule has 1 aliphatic rings. The van der Waals surface area contributed by atoms with Gasteiger partial charge in [-0.3, -0.25) is 4.79 Å². The second-order valence-electron chi connectivity index (χ2n) is 7.24. The molecule has 174 valence electrons. The Morgan fingerprint density at radius 2 is 1.79 bits per heavy atom. The van der Waals surface area contributed by atoms with E-state index < -0.39 is 5.82 Å². The number of halogens is 3. The van der Waals surface area contributed by atoms with Crippen molar-refractivity contribution in [2.75, 3.05) is 44.3 Å². The van der Waals surface area contributed by atoms with E-state index in [1.807, 2.05) is 29.2 Å². The summed E-state index contributed by atoms with van der Waals surface area (Å²) in [5.74, 6) is 1.02. The van der Waals surface area contributed by atoms with Crippen LogP contribution in [0, 0.1) is 5.82 Å². The predicted octanol–water partition coefficient (Wildman–Crippen LogP) is 3.03. The number of anilines is 1. The molecule has 1 fully saturated rings. The summed E-state index contributed by atoms with van der Waals surface area (Å²) >= 11 is 9.05. The molecule has 1 amide bonds. The molecule has 0 saturated carbocycles. The van der Waals surface area contributed by atoms with Crippen molar-refractivity contribution >= 4 is 39.4 Å². The van der Waals surface area contributed by atoms with Gasteiger partial charge in [0.15, 0.2) is 6.61 Å². The maximum Gasteiger partial charge on any atom is 0.260 e. The van der Waals surface area contributed by atoms with Gasteiger partial charge in [0.2, 0.25) is 5.95 Å². The highest BCUT2D eigenvalue weighted by Gasteiger charge is 2.24. The van der Waals surface area contributed by atoms with E-state index in [0.29, 0.717) is 50.2 Å². The molecule has 0 bridgehead atoms. The SMILES string of the molecule is O=C(COc1ccc(Br)cc1)N1CCN(c2nnnn2CCOc2ccc(Cl)c(F)c2)CC1. The number of nitrogens with zero attached hydrogens (tertiary/aromatic N) is 6. The first-order valence-corrected chi connectivity index (χ1v) is 11.4. The molecule has 3 aromatic rings. The number of carbonyl (C=O) groups excluding carboxylic acids is 1. The van der Waals surface area contributed by atoms with Gasteiger partial charge in [-0.1, -0.05) is 32.6 Å². The van der Waals surface area contributed by atoms with Crippen LogP contribution in [-0.2, 0) is 11.3 Å². The molecule has 0 atom stereocenters. The molecule has 4 rings (SSSR count). The number of hydrogen-bond donors (Lipinski definition) is 0. The number of rotatable bonds is 8. The largest absolute Gasteiger partial charge is 0.492 e. The molecule has 0 N–H and O–H groups in total. The van der Waals surface area contributed by atoms with Crippen molar-refractivity contribution in [3.63, 3.8) is 0 Å². The fraction of sp³-hybridized carbons (Fsp3) is 0.333. The Morgan fingerprint density at radius 1 is 1.06 bits per heavy atom. The molecule has 0 aliphatic carbocycles. The summed E-state index contributed by atoms with van der Waals surface area (Å²) in [6.45, 7) is 2.88. The first kappa shape index (κ1) is 23.2. The lowest BCUT2D eigenvalue weighted by Crippen LogP contribution is -2.50. The Hall–Kier alpha value is -2.92. The van der Waals surface area contributed by atoms with Gasteiger partial charge in [0.25, 0.3) is 5.91 Å². The van der Waals surface area contributed by atoms with E-state index in [2.05, 4.69) is 31.5 Å². The minimum absolute atomic E-state index is 0.0119. The van der Waals surface area contributed by atoms with E-state index in [-0.39, 0.29) is 24.1 Å². The highest BCUT2D eigenvalue weighted by atomic mass is 79.9. The Bertz CT molecular complexity index is 1090. The normalized spacial score (nSPS) is 13.8. The molecular formula is C21H21BrClFN6O3. The molecule has 1 aliphatic heterocycles. The van der Waals surface area contributed by atoms with Crippen LogP contribution in [0.25, 0.3) is 0 Å². The average molecular weight is 540 g/mol. The molecule has 33 heavy (non-hydrogen) atoms. The summed E-state index contributed by atoms with van der Waals surface area (Å²) in [4.78, 5) is 16.3. The topological polar surface area (TPSA) is 85.6 Å². The summed E-state index contributed by atoms with van der Waals surface area (Å²) in [5, 5.41) is 11.9. The third-order valence-corrected chi connectivity index (χ3v) is 5.90. The Balaban J connectivity index is 1.24. The molecule has 1 saturated heterocycles. The lowest BCUT2D eigenvalue weighted by molar-refractivity contribution is -0.133. The van der Waals surface area contributed by atoms with Gasteiger partial charge < -0.3 is 19.3 Å². The van der Waals surface area contributed by atoms with E-state index in [1.54, 1.807) is 15.6 Å². The lowest BCUT2D eigenvalue weighted by Gasteiger charge is -2.34. The van der Waals surface area contributed by atoms with Gasteiger partial charge in [0, 0.05) is 36.7 Å². The van der Waals surface area contributed by atoms with E-state index in [9.17, 15) is 9.18 Å². The van der Waals surface area contributed by atoms with Crippen LogP contribution < -0.4 is 14.4 Å². The van der Waals surface area contributed by atoms with E-state index in [1.165, 1.54) is 12.1 Å². The molecule has 0 unspecified atom stereocenters. The summed E-state index contributed by atoms with van der Waals surface area (Å²) in [6.07, 6.45) is 0. The number of aromatic nitrogens is 4. The second kappa shape index (κ2) is 10.8. The highest BCUT2D eigenvalue weighted by molar-refractivity contribution is 9.10. The highest BCUT2D eigenvalue weighted by Crippen LogP contribution is 2.21. The fourth-order valence-corrected chi connectivity index (χ4v) is 3.69. The molecular weight excluding hydrogens is 519 g/mol. The van der Waals surface area contributed by atoms with E-state index in [4.69, 9.17) is 21.1 Å². The lowest BCUT2D eigenvalue weighted by atomic mass is 10.3. The van der Waals surface area contributed by atoms with E-state index >= 15 is 0 Å². The Kier molecular flexibility index (Phi) is 7.61. The van der Waals surface area contributed by atoms with Crippen LogP contribution in [0.4, 0.5) is 10.3 Å². The van der Waals surface area contributed by atoms with Gasteiger partial charge in [-0.05, 0) is 46.8 Å². The average Bonchev–Trinajstić information content (AvgIpc) is 3.29. The maximum absolute atomic E-state index is 13.5. The fourth-order valence-electron chi connectivity index (χ4n) is 3.31. The number of benzene rings is 2. The summed E-state index contributed by atoms with van der Waals surface area (Å²) in [6, 6.07) is 11.6. The molecule has 1 aromatic heterocycles. The molecule has 12 heteroatoms. The zero-order chi connectivity index (χ0) is 23.2. The second-order valence-corrected chi connectivity index (χ2v) is 8.56. The van der Waals surface area contributed by atoms with Gasteiger partial charge in [0.05, 0.1) is 11.6 Å². The van der Waals surface area contributed by atoms with Gasteiger partial charge in [-0.25, -0.2) is 9.07 Å². The number of piperazine rings is 1. The van der Waals surface area contributed by atoms with Crippen molar-refractivity contribution in [2.45, 2.75) is 6.54 Å². The van der Waals surface area contributed by atoms with Crippen LogP contribution in [0.5, 0.6) is 11.5 Å². The quantitative estimate of drug-likeness (QED) is 0.435. The summed E-state index contributed by atoms with van der Waals surface area (Å²) < 4.78 is 27.3. The van der Waals surface area contributed by atoms with Crippen LogP contribution in [0.15, 0.2) is 46.9 Å². The van der Waals surface area contributed by atoms with Crippen molar-refractivity contribution < 1.29 is 18.7 Å². The van der Waals surface area contributed by atoms with Gasteiger partial charge in [-0.15, -0.1) is 0 Å². The van der Waals surface area contributed by atoms with Crippen LogP contribution in [-0.4, -0.2) is 70.4 Å². The van der Waals surface area contributed by atoms with Crippen LogP contribution >= 0.6 is 27.5 Å². The Labute approximate surface area is 203 Å². The zero-order valence-corrected chi connectivity index (χ0v) is 19.9. The van der Waals surface area contributed by atoms with Crippen molar-refractivity contribution in [2.24, 2.45) is 0 Å². The van der Waals surface area contributed by atoms with Crippen LogP contribution in [0.2, 0.25) is 5.02 Å². The molecule has 2 aromatic carbocycles. The molecule has 9 nitrogen and oxygen atoms in total. The number of amides is 1. The molecule has 0 radical (unpaired) electrons. The smallest absolute Gasteiger partial charge is 0.260 e. The number of hydrogen-bond acceptors (Lipinski definition) is 7. The number of ether oxygens (including phenoxy) is 2. The minimum Gasteiger partial charge on any atom is -0.492 e. The Morgan fingerprint density at radius 3 is 2.52 bits per heavy atom. The number of tetrazole rings is 1. The van der Waals surface area contributed by atoms with Crippen LogP contribution in [0.3, 0.4) is 0 Å². The van der Waals surface area contributed by atoms with Crippen LogP contribution in [0.1, 0.15) is 0 Å². The third kappa shape index (κ3) is 6.11. The summed E-state index contributed by atoms with van der Waals surface area (Å²) in [7, 11) is 0. The standard InChI is InChI=1S/C21H21BrClFN6O3/c22-15-1-3-16(4-2-15)33-14-20(31)28-7-9-29(10-8-28)21-25-26-27-30(21)11-12-32-17-5-6-18(23)19(24)13-17/h1-6,13H,7-12,14H2. The monoisotopic (exact) mass is 538 g/mol. The third-order valence-electron chi connectivity index (χ3n) is 5.07. The summed E-state index contributed by atoms with van der Waals surface area (Å²) in [5.41, 5.74) is 0. The zero-order valence-electron chi connectivity index (χ0n) is 17.5. The van der Waals surface area contributed by atoms with E-state index in [0.717, 1.165) is 4.47 Å². The maximum atomic E-state index is 13.5. The minimum atomic E-state index is -0.535. The van der Waals surface area contributed by atoms with Crippen molar-refractivity contribution in [1.29, 1.82) is 0 Å². The van der Waals surface area contributed by atoms with Gasteiger partial charge >= 0.3 is 0 Å². The predicted molar refractivity (Wildman–Crippen MR) is 123 cm³/mol. The molecule has 2 heterocycles. The van der Waals surface area contributed by atoms with Gasteiger partial charge in [0.1, 0.15) is 23.9 Å². The first-order valence-electron chi connectivity index (χ1n) is 10.2.